The predicted octanol–water partition coefficient (Wildman–Crippen LogP) is 3.60. The van der Waals surface area contributed by atoms with Gasteiger partial charge in [0.1, 0.15) is 0 Å². The number of rotatable bonds is 10. The zero-order valence-electron chi connectivity index (χ0n) is 19.7. The molecule has 7 nitrogen and oxygen atoms in total. The van der Waals surface area contributed by atoms with Crippen LogP contribution >= 0.6 is 0 Å². The van der Waals surface area contributed by atoms with Crippen LogP contribution in [-0.4, -0.2) is 37.4 Å². The number of guanidine groups is 1. The number of carbonyl (C=O) groups excluding carboxylic acids is 2. The molecule has 0 unspecified atom stereocenters. The summed E-state index contributed by atoms with van der Waals surface area (Å²) in [6.45, 7) is 7.56. The van der Waals surface area contributed by atoms with E-state index in [1.165, 1.54) is 0 Å². The lowest BCUT2D eigenvalue weighted by molar-refractivity contribution is -0.117. The lowest BCUT2D eigenvalue weighted by atomic mass is 10.1. The normalized spacial score (nSPS) is 13.8. The summed E-state index contributed by atoms with van der Waals surface area (Å²) in [5.74, 6) is 0.903. The van der Waals surface area contributed by atoms with Gasteiger partial charge in [-0.3, -0.25) is 9.59 Å². The summed E-state index contributed by atoms with van der Waals surface area (Å²) >= 11 is 0. The third-order valence-electron chi connectivity index (χ3n) is 5.58. The molecule has 3 N–H and O–H groups in total. The molecule has 2 aromatic carbocycles. The van der Waals surface area contributed by atoms with Gasteiger partial charge >= 0.3 is 0 Å². The van der Waals surface area contributed by atoms with Gasteiger partial charge in [-0.15, -0.1) is 0 Å². The molecule has 0 aromatic heterocycles. The van der Waals surface area contributed by atoms with E-state index in [1.807, 2.05) is 60.4 Å². The molecular formula is C26H35N5O2. The molecule has 1 aliphatic rings. The van der Waals surface area contributed by atoms with E-state index in [2.05, 4.69) is 27.9 Å². The Morgan fingerprint density at radius 3 is 2.33 bits per heavy atom. The summed E-state index contributed by atoms with van der Waals surface area (Å²) in [5, 5.41) is 9.55. The van der Waals surface area contributed by atoms with Crippen molar-refractivity contribution in [2.24, 2.45) is 4.99 Å². The number of nitrogens with one attached hydrogen (secondary N) is 3. The number of anilines is 1. The minimum Gasteiger partial charge on any atom is -0.357 e. The van der Waals surface area contributed by atoms with Crippen LogP contribution < -0.4 is 20.9 Å². The fraction of sp³-hybridized carbons (Fsp3) is 0.423. The van der Waals surface area contributed by atoms with Crippen molar-refractivity contribution in [3.8, 4) is 0 Å². The lowest BCUT2D eigenvalue weighted by Gasteiger charge is -2.16. The summed E-state index contributed by atoms with van der Waals surface area (Å²) in [4.78, 5) is 30.6. The second-order valence-corrected chi connectivity index (χ2v) is 8.17. The fourth-order valence-corrected chi connectivity index (χ4v) is 3.66. The van der Waals surface area contributed by atoms with Crippen LogP contribution in [0.2, 0.25) is 0 Å². The molecule has 3 rings (SSSR count). The average molecular weight is 450 g/mol. The van der Waals surface area contributed by atoms with Gasteiger partial charge in [-0.05, 0) is 55.2 Å². The topological polar surface area (TPSA) is 85.8 Å². The van der Waals surface area contributed by atoms with Crippen molar-refractivity contribution in [2.45, 2.75) is 52.6 Å². The van der Waals surface area contributed by atoms with Crippen molar-refractivity contribution in [3.63, 3.8) is 0 Å². The molecule has 0 spiro atoms. The highest BCUT2D eigenvalue weighted by molar-refractivity contribution is 5.95. The molecule has 1 fully saturated rings. The van der Waals surface area contributed by atoms with E-state index in [1.54, 1.807) is 0 Å². The number of hydrogen-bond acceptors (Lipinski definition) is 3. The number of benzene rings is 2. The fourth-order valence-electron chi connectivity index (χ4n) is 3.66. The largest absolute Gasteiger partial charge is 0.357 e. The van der Waals surface area contributed by atoms with Crippen molar-refractivity contribution in [1.29, 1.82) is 0 Å². The number of hydrogen-bond donors (Lipinski definition) is 3. The Bertz CT molecular complexity index is 938. The zero-order valence-corrected chi connectivity index (χ0v) is 19.7. The van der Waals surface area contributed by atoms with Crippen molar-refractivity contribution in [2.75, 3.05) is 24.5 Å². The molecule has 1 saturated heterocycles. The van der Waals surface area contributed by atoms with Crippen LogP contribution in [0.3, 0.4) is 0 Å². The molecular weight excluding hydrogens is 414 g/mol. The summed E-state index contributed by atoms with van der Waals surface area (Å²) in [6, 6.07) is 15.7. The van der Waals surface area contributed by atoms with Crippen molar-refractivity contribution in [1.82, 2.24) is 16.0 Å². The third-order valence-corrected chi connectivity index (χ3v) is 5.58. The smallest absolute Gasteiger partial charge is 0.251 e. The van der Waals surface area contributed by atoms with E-state index < -0.39 is 0 Å². The van der Waals surface area contributed by atoms with E-state index in [0.717, 1.165) is 55.1 Å². The van der Waals surface area contributed by atoms with Crippen molar-refractivity contribution in [3.05, 3.63) is 65.2 Å². The Morgan fingerprint density at radius 1 is 0.970 bits per heavy atom. The van der Waals surface area contributed by atoms with E-state index in [4.69, 9.17) is 0 Å². The quantitative estimate of drug-likeness (QED) is 0.294. The van der Waals surface area contributed by atoms with Gasteiger partial charge in [0, 0.05) is 43.9 Å². The summed E-state index contributed by atoms with van der Waals surface area (Å²) in [7, 11) is 0. The van der Waals surface area contributed by atoms with Crippen LogP contribution in [0.15, 0.2) is 53.5 Å². The highest BCUT2D eigenvalue weighted by Gasteiger charge is 2.21. The third kappa shape index (κ3) is 7.34. The Morgan fingerprint density at radius 2 is 1.70 bits per heavy atom. The highest BCUT2D eigenvalue weighted by atomic mass is 16.2. The number of nitrogens with zero attached hydrogens (tertiary/aromatic N) is 2. The molecule has 0 bridgehead atoms. The molecule has 176 valence electrons. The molecule has 33 heavy (non-hydrogen) atoms. The molecule has 1 heterocycles. The van der Waals surface area contributed by atoms with Gasteiger partial charge in [-0.25, -0.2) is 4.99 Å². The molecule has 0 atom stereocenters. The number of amides is 2. The van der Waals surface area contributed by atoms with Crippen LogP contribution in [0, 0.1) is 0 Å². The first-order chi connectivity index (χ1) is 16.1. The first-order valence-electron chi connectivity index (χ1n) is 11.9. The van der Waals surface area contributed by atoms with E-state index >= 15 is 0 Å². The van der Waals surface area contributed by atoms with Gasteiger partial charge in [0.25, 0.3) is 5.91 Å². The Hall–Kier alpha value is -3.35. The van der Waals surface area contributed by atoms with Gasteiger partial charge in [0.05, 0.1) is 6.54 Å². The molecule has 2 amide bonds. The molecule has 1 aliphatic heterocycles. The van der Waals surface area contributed by atoms with Gasteiger partial charge in [0.15, 0.2) is 5.96 Å². The minimum atomic E-state index is -0.0297. The maximum atomic E-state index is 12.1. The van der Waals surface area contributed by atoms with Crippen LogP contribution in [0.5, 0.6) is 0 Å². The number of carbonyl (C=O) groups is 2. The SMILES string of the molecule is CCCCNC(=O)c1ccc(CNC(=NCc2ccc(N3CCCC3=O)cc2)NCC)cc1. The Balaban J connectivity index is 1.52. The van der Waals surface area contributed by atoms with Crippen molar-refractivity contribution < 1.29 is 9.59 Å². The summed E-state index contributed by atoms with van der Waals surface area (Å²) < 4.78 is 0. The van der Waals surface area contributed by atoms with Gasteiger partial charge < -0.3 is 20.9 Å². The maximum Gasteiger partial charge on any atom is 0.251 e. The number of unbranched alkanes of at least 4 members (excludes halogenated alkanes) is 1. The molecule has 0 aliphatic carbocycles. The molecule has 0 saturated carbocycles. The Kier molecular flexibility index (Phi) is 9.30. The molecule has 2 aromatic rings. The number of aliphatic imine (C=N–C) groups is 1. The monoisotopic (exact) mass is 449 g/mol. The minimum absolute atomic E-state index is 0.0297. The Labute approximate surface area is 196 Å². The second kappa shape index (κ2) is 12.6. The maximum absolute atomic E-state index is 12.1. The first kappa shape index (κ1) is 24.3. The standard InChI is InChI=1S/C26H35N5O2/c1-3-5-16-28-25(33)22-12-8-20(9-13-22)18-29-26(27-4-2)30-19-21-10-14-23(15-11-21)31-17-6-7-24(31)32/h8-15H,3-7,16-19H2,1-2H3,(H,28,33)(H2,27,29,30). The van der Waals surface area contributed by atoms with E-state index in [-0.39, 0.29) is 11.8 Å². The van der Waals surface area contributed by atoms with Crippen molar-refractivity contribution >= 4 is 23.5 Å². The van der Waals surface area contributed by atoms with Crippen LogP contribution in [0.1, 0.15) is 61.0 Å². The van der Waals surface area contributed by atoms with Gasteiger partial charge in [0.2, 0.25) is 5.91 Å². The predicted molar refractivity (Wildman–Crippen MR) is 133 cm³/mol. The van der Waals surface area contributed by atoms with Crippen LogP contribution in [-0.2, 0) is 17.9 Å². The molecule has 0 radical (unpaired) electrons. The van der Waals surface area contributed by atoms with Crippen LogP contribution in [0.25, 0.3) is 0 Å². The highest BCUT2D eigenvalue weighted by Crippen LogP contribution is 2.21. The van der Waals surface area contributed by atoms with E-state index in [9.17, 15) is 9.59 Å². The van der Waals surface area contributed by atoms with Gasteiger partial charge in [-0.2, -0.15) is 0 Å². The first-order valence-corrected chi connectivity index (χ1v) is 11.9. The van der Waals surface area contributed by atoms with Crippen LogP contribution in [0.4, 0.5) is 5.69 Å². The zero-order chi connectivity index (χ0) is 23.5. The second-order valence-electron chi connectivity index (χ2n) is 8.17. The van der Waals surface area contributed by atoms with Gasteiger partial charge in [-0.1, -0.05) is 37.6 Å². The summed E-state index contributed by atoms with van der Waals surface area (Å²) in [6.07, 6.45) is 3.62. The lowest BCUT2D eigenvalue weighted by Crippen LogP contribution is -2.36. The summed E-state index contributed by atoms with van der Waals surface area (Å²) in [5.41, 5.74) is 3.79. The molecule has 7 heteroatoms. The van der Waals surface area contributed by atoms with E-state index in [0.29, 0.717) is 31.6 Å². The average Bonchev–Trinajstić information content (AvgIpc) is 3.27.